The number of ether oxygens (including phenoxy) is 1. The number of hydrogen-bond donors (Lipinski definition) is 0. The fourth-order valence-corrected chi connectivity index (χ4v) is 1.48. The van der Waals surface area contributed by atoms with E-state index >= 15 is 0 Å². The number of nitrogens with zero attached hydrogens (tertiary/aromatic N) is 1. The second-order valence-electron chi connectivity index (χ2n) is 5.28. The Morgan fingerprint density at radius 3 is 2.35 bits per heavy atom. The van der Waals surface area contributed by atoms with Crippen molar-refractivity contribution in [2.24, 2.45) is 0 Å². The van der Waals surface area contributed by atoms with Crippen LogP contribution in [0.2, 0.25) is 0 Å². The summed E-state index contributed by atoms with van der Waals surface area (Å²) in [5.41, 5.74) is -2.20. The number of aromatic nitrogens is 1. The first-order valence-electron chi connectivity index (χ1n) is 5.98. The van der Waals surface area contributed by atoms with Crippen molar-refractivity contribution in [3.05, 3.63) is 34.2 Å². The Bertz CT molecular complexity index is 541. The van der Waals surface area contributed by atoms with Crippen molar-refractivity contribution in [1.82, 2.24) is 4.57 Å². The maximum atomic E-state index is 12.5. The number of halogens is 3. The number of hydrogen-bond acceptors (Lipinski definition) is 3. The zero-order chi connectivity index (χ0) is 15.6. The van der Waals surface area contributed by atoms with Gasteiger partial charge in [-0.15, -0.1) is 0 Å². The molecule has 0 N–H and O–H groups in total. The van der Waals surface area contributed by atoms with Crippen LogP contribution in [0.5, 0.6) is 0 Å². The van der Waals surface area contributed by atoms with Crippen LogP contribution in [0.3, 0.4) is 0 Å². The number of aryl methyl sites for hydroxylation is 1. The van der Waals surface area contributed by atoms with Crippen LogP contribution in [-0.2, 0) is 22.3 Å². The Kier molecular flexibility index (Phi) is 4.62. The smallest absolute Gasteiger partial charge is 0.417 e. The SMILES string of the molecule is CC(C)(C)OC(=O)CCn1cc(C(F)(F)F)ccc1=O. The first kappa shape index (κ1) is 16.3. The molecule has 0 aliphatic carbocycles. The number of pyridine rings is 1. The predicted octanol–water partition coefficient (Wildman–Crippen LogP) is 2.60. The summed E-state index contributed by atoms with van der Waals surface area (Å²) in [6, 6.07) is 1.55. The van der Waals surface area contributed by atoms with Gasteiger partial charge in [0.15, 0.2) is 0 Å². The number of alkyl halides is 3. The molecule has 0 amide bonds. The van der Waals surface area contributed by atoms with Gasteiger partial charge in [-0.1, -0.05) is 0 Å². The van der Waals surface area contributed by atoms with Crippen molar-refractivity contribution in [3.63, 3.8) is 0 Å². The first-order chi connectivity index (χ1) is 8.99. The zero-order valence-corrected chi connectivity index (χ0v) is 11.5. The molecular weight excluding hydrogens is 275 g/mol. The van der Waals surface area contributed by atoms with Crippen LogP contribution >= 0.6 is 0 Å². The summed E-state index contributed by atoms with van der Waals surface area (Å²) in [7, 11) is 0. The number of esters is 1. The van der Waals surface area contributed by atoms with Crippen molar-refractivity contribution < 1.29 is 22.7 Å². The van der Waals surface area contributed by atoms with Crippen molar-refractivity contribution >= 4 is 5.97 Å². The Hall–Kier alpha value is -1.79. The van der Waals surface area contributed by atoms with Crippen LogP contribution in [0.4, 0.5) is 13.2 Å². The predicted molar refractivity (Wildman–Crippen MR) is 66.2 cm³/mol. The van der Waals surface area contributed by atoms with Crippen LogP contribution in [0.25, 0.3) is 0 Å². The lowest BCUT2D eigenvalue weighted by Crippen LogP contribution is -2.27. The monoisotopic (exact) mass is 291 g/mol. The Labute approximate surface area is 114 Å². The largest absolute Gasteiger partial charge is 0.460 e. The third-order valence-corrected chi connectivity index (χ3v) is 2.29. The maximum Gasteiger partial charge on any atom is 0.417 e. The van der Waals surface area contributed by atoms with Gasteiger partial charge in [0.1, 0.15) is 5.60 Å². The van der Waals surface area contributed by atoms with Gasteiger partial charge in [0.2, 0.25) is 0 Å². The summed E-state index contributed by atoms with van der Waals surface area (Å²) in [6.45, 7) is 4.89. The molecule has 0 radical (unpaired) electrons. The van der Waals surface area contributed by atoms with Crippen LogP contribution in [0.15, 0.2) is 23.1 Å². The molecule has 0 fully saturated rings. The standard InChI is InChI=1S/C13H16F3NO3/c1-12(2,3)20-11(19)6-7-17-8-9(13(14,15)16)4-5-10(17)18/h4-5,8H,6-7H2,1-3H3. The molecule has 112 valence electrons. The molecule has 0 bridgehead atoms. The minimum atomic E-state index is -4.53. The lowest BCUT2D eigenvalue weighted by atomic mass is 10.2. The highest BCUT2D eigenvalue weighted by Crippen LogP contribution is 2.28. The Morgan fingerprint density at radius 1 is 1.25 bits per heavy atom. The topological polar surface area (TPSA) is 48.3 Å². The van der Waals surface area contributed by atoms with Gasteiger partial charge in [-0.05, 0) is 26.8 Å². The molecule has 7 heteroatoms. The highest BCUT2D eigenvalue weighted by Gasteiger charge is 2.31. The van der Waals surface area contributed by atoms with E-state index in [-0.39, 0.29) is 13.0 Å². The van der Waals surface area contributed by atoms with E-state index in [1.165, 1.54) is 0 Å². The van der Waals surface area contributed by atoms with Crippen LogP contribution in [0, 0.1) is 0 Å². The van der Waals surface area contributed by atoms with Crippen LogP contribution < -0.4 is 5.56 Å². The molecular formula is C13H16F3NO3. The first-order valence-corrected chi connectivity index (χ1v) is 5.98. The maximum absolute atomic E-state index is 12.5. The van der Waals surface area contributed by atoms with E-state index in [0.717, 1.165) is 10.6 Å². The molecule has 0 saturated carbocycles. The van der Waals surface area contributed by atoms with Gasteiger partial charge in [0.05, 0.1) is 12.0 Å². The molecule has 1 heterocycles. The zero-order valence-electron chi connectivity index (χ0n) is 11.5. The molecule has 0 atom stereocenters. The average Bonchev–Trinajstić information content (AvgIpc) is 2.24. The van der Waals surface area contributed by atoms with Crippen LogP contribution in [-0.4, -0.2) is 16.1 Å². The van der Waals surface area contributed by atoms with Crippen LogP contribution in [0.1, 0.15) is 32.8 Å². The number of rotatable bonds is 3. The summed E-state index contributed by atoms with van der Waals surface area (Å²) in [5, 5.41) is 0. The summed E-state index contributed by atoms with van der Waals surface area (Å²) in [6.07, 6.45) is -3.99. The summed E-state index contributed by atoms with van der Waals surface area (Å²) in [5.74, 6) is -0.568. The molecule has 20 heavy (non-hydrogen) atoms. The van der Waals surface area contributed by atoms with Gasteiger partial charge >= 0.3 is 12.1 Å². The quantitative estimate of drug-likeness (QED) is 0.804. The minimum absolute atomic E-state index is 0.155. The van der Waals surface area contributed by atoms with Gasteiger partial charge in [-0.25, -0.2) is 0 Å². The Morgan fingerprint density at radius 2 is 1.85 bits per heavy atom. The van der Waals surface area contributed by atoms with E-state index in [0.29, 0.717) is 12.3 Å². The van der Waals surface area contributed by atoms with Gasteiger partial charge in [0, 0.05) is 18.8 Å². The second kappa shape index (κ2) is 5.68. The minimum Gasteiger partial charge on any atom is -0.460 e. The normalized spacial score (nSPS) is 12.3. The van der Waals surface area contributed by atoms with E-state index in [9.17, 15) is 22.8 Å². The van der Waals surface area contributed by atoms with E-state index in [1.807, 2.05) is 0 Å². The molecule has 0 aliphatic rings. The van der Waals surface area contributed by atoms with Crippen molar-refractivity contribution in [3.8, 4) is 0 Å². The van der Waals surface area contributed by atoms with Gasteiger partial charge in [-0.2, -0.15) is 13.2 Å². The third kappa shape index (κ3) is 5.07. The van der Waals surface area contributed by atoms with E-state index < -0.39 is 28.9 Å². The summed E-state index contributed by atoms with van der Waals surface area (Å²) < 4.78 is 43.4. The molecule has 0 saturated heterocycles. The molecule has 0 aliphatic heterocycles. The second-order valence-corrected chi connectivity index (χ2v) is 5.28. The number of carbonyl (C=O) groups is 1. The van der Waals surface area contributed by atoms with Crippen molar-refractivity contribution in [1.29, 1.82) is 0 Å². The molecule has 1 aromatic heterocycles. The molecule has 1 aromatic rings. The number of carbonyl (C=O) groups excluding carboxylic acids is 1. The van der Waals surface area contributed by atoms with Crippen molar-refractivity contribution in [2.45, 2.75) is 45.5 Å². The van der Waals surface area contributed by atoms with E-state index in [4.69, 9.17) is 4.74 Å². The fraction of sp³-hybridized carbons (Fsp3) is 0.538. The third-order valence-electron chi connectivity index (χ3n) is 2.29. The van der Waals surface area contributed by atoms with Gasteiger partial charge < -0.3 is 9.30 Å². The molecule has 4 nitrogen and oxygen atoms in total. The fourth-order valence-electron chi connectivity index (χ4n) is 1.48. The van der Waals surface area contributed by atoms with Gasteiger partial charge in [-0.3, -0.25) is 9.59 Å². The molecule has 1 rings (SSSR count). The molecule has 0 spiro atoms. The van der Waals surface area contributed by atoms with Crippen molar-refractivity contribution in [2.75, 3.05) is 0 Å². The van der Waals surface area contributed by atoms with E-state index in [2.05, 4.69) is 0 Å². The summed E-state index contributed by atoms with van der Waals surface area (Å²) >= 11 is 0. The Balaban J connectivity index is 2.78. The highest BCUT2D eigenvalue weighted by molar-refractivity contribution is 5.69. The molecule has 0 aromatic carbocycles. The lowest BCUT2D eigenvalue weighted by molar-refractivity contribution is -0.155. The highest BCUT2D eigenvalue weighted by atomic mass is 19.4. The average molecular weight is 291 g/mol. The van der Waals surface area contributed by atoms with E-state index in [1.54, 1.807) is 20.8 Å². The van der Waals surface area contributed by atoms with Gasteiger partial charge in [0.25, 0.3) is 5.56 Å². The molecule has 0 unspecified atom stereocenters. The lowest BCUT2D eigenvalue weighted by Gasteiger charge is -2.19. The summed E-state index contributed by atoms with van der Waals surface area (Å²) in [4.78, 5) is 22.9.